The largest absolute Gasteiger partial charge is 0.465 e. The van der Waals surface area contributed by atoms with Gasteiger partial charge in [-0.2, -0.15) is 0 Å². The highest BCUT2D eigenvalue weighted by molar-refractivity contribution is 5.94. The highest BCUT2D eigenvalue weighted by atomic mass is 16.8. The fourth-order valence-corrected chi connectivity index (χ4v) is 4.16. The van der Waals surface area contributed by atoms with E-state index in [2.05, 4.69) is 0 Å². The smallest absolute Gasteiger partial charge is 0.341 e. The first kappa shape index (κ1) is 19.0. The van der Waals surface area contributed by atoms with Gasteiger partial charge >= 0.3 is 11.9 Å². The van der Waals surface area contributed by atoms with Gasteiger partial charge in [-0.1, -0.05) is 12.2 Å². The molecule has 150 valence electrons. The molecule has 7 heteroatoms. The lowest BCUT2D eigenvalue weighted by molar-refractivity contribution is -0.166. The predicted octanol–water partition coefficient (Wildman–Crippen LogP) is 3.39. The molecule has 0 unspecified atom stereocenters. The fraction of sp³-hybridized carbons (Fsp3) is 0.524. The molecule has 4 rings (SSSR count). The second kappa shape index (κ2) is 6.60. The van der Waals surface area contributed by atoms with Crippen LogP contribution in [0, 0.1) is 0 Å². The van der Waals surface area contributed by atoms with Crippen molar-refractivity contribution >= 4 is 11.9 Å². The summed E-state index contributed by atoms with van der Waals surface area (Å²) in [5, 5.41) is 0. The van der Waals surface area contributed by atoms with Crippen LogP contribution >= 0.6 is 0 Å². The maximum absolute atomic E-state index is 12.2. The molecule has 3 aliphatic rings. The molecule has 1 saturated heterocycles. The van der Waals surface area contributed by atoms with Crippen molar-refractivity contribution < 1.29 is 33.0 Å². The Balaban J connectivity index is 1.80. The third-order valence-electron chi connectivity index (χ3n) is 5.23. The number of carbonyl (C=O) groups is 2. The van der Waals surface area contributed by atoms with Gasteiger partial charge in [-0.15, -0.1) is 0 Å². The van der Waals surface area contributed by atoms with Gasteiger partial charge in [-0.3, -0.25) is 0 Å². The van der Waals surface area contributed by atoms with E-state index in [-0.39, 0.29) is 5.97 Å². The molecule has 4 heterocycles. The zero-order valence-corrected chi connectivity index (χ0v) is 16.4. The van der Waals surface area contributed by atoms with Gasteiger partial charge in [0.1, 0.15) is 34.9 Å². The van der Waals surface area contributed by atoms with E-state index in [0.717, 1.165) is 0 Å². The highest BCUT2D eigenvalue weighted by Crippen LogP contribution is 2.49. The molecule has 4 bridgehead atoms. The van der Waals surface area contributed by atoms with Crippen molar-refractivity contribution in [2.24, 2.45) is 0 Å². The highest BCUT2D eigenvalue weighted by Gasteiger charge is 2.54. The molecular formula is C21H24O7. The summed E-state index contributed by atoms with van der Waals surface area (Å²) in [6, 6.07) is 1.67. The number of hydrogen-bond donors (Lipinski definition) is 0. The minimum Gasteiger partial charge on any atom is -0.465 e. The van der Waals surface area contributed by atoms with Crippen LogP contribution in [0.15, 0.2) is 34.3 Å². The number of hydrogen-bond acceptors (Lipinski definition) is 7. The van der Waals surface area contributed by atoms with Crippen LogP contribution in [0.25, 0.3) is 0 Å². The second-order valence-electron chi connectivity index (χ2n) is 8.00. The van der Waals surface area contributed by atoms with Crippen LogP contribution in [0.1, 0.15) is 61.6 Å². The Kier molecular flexibility index (Phi) is 4.47. The molecule has 1 aromatic rings. The van der Waals surface area contributed by atoms with Crippen molar-refractivity contribution in [1.82, 2.24) is 0 Å². The summed E-state index contributed by atoms with van der Waals surface area (Å²) in [5.74, 6) is -0.626. The molecule has 0 aromatic carbocycles. The van der Waals surface area contributed by atoms with E-state index < -0.39 is 29.6 Å². The van der Waals surface area contributed by atoms with Gasteiger partial charge in [-0.25, -0.2) is 9.59 Å². The first-order chi connectivity index (χ1) is 13.2. The van der Waals surface area contributed by atoms with Crippen LogP contribution in [-0.4, -0.2) is 36.5 Å². The Labute approximate surface area is 163 Å². The van der Waals surface area contributed by atoms with Crippen molar-refractivity contribution in [3.05, 3.63) is 47.0 Å². The van der Waals surface area contributed by atoms with Crippen LogP contribution in [0.3, 0.4) is 0 Å². The summed E-state index contributed by atoms with van der Waals surface area (Å²) in [7, 11) is 1.34. The predicted molar refractivity (Wildman–Crippen MR) is 97.5 cm³/mol. The van der Waals surface area contributed by atoms with Crippen molar-refractivity contribution in [2.75, 3.05) is 7.11 Å². The van der Waals surface area contributed by atoms with E-state index in [1.54, 1.807) is 12.1 Å². The van der Waals surface area contributed by atoms with Gasteiger partial charge in [0, 0.05) is 12.8 Å². The normalized spacial score (nSPS) is 32.3. The lowest BCUT2D eigenvalue weighted by Gasteiger charge is -2.29. The van der Waals surface area contributed by atoms with Gasteiger partial charge in [-0.05, 0) is 39.3 Å². The molecule has 0 N–H and O–H groups in total. The number of methoxy groups -OCH3 is 1. The molecule has 1 aromatic heterocycles. The standard InChI is InChI=1S/C21H24O7/c1-20(2)27-17-16-10-14(19(23)24-4)15(26-16)8-6-5-7-12-9-13(25-18(12)22)11-21(17,3)28-20/h5,7,9-10,13,17H,6,8,11H2,1-4H3/b7-5-/t13-,17+,21-/m1/s1. The zero-order valence-electron chi connectivity index (χ0n) is 16.4. The minimum absolute atomic E-state index is 0.343. The molecule has 3 aliphatic heterocycles. The molecule has 28 heavy (non-hydrogen) atoms. The van der Waals surface area contributed by atoms with Crippen LogP contribution in [-0.2, 0) is 30.2 Å². The molecular weight excluding hydrogens is 364 g/mol. The van der Waals surface area contributed by atoms with Crippen LogP contribution < -0.4 is 0 Å². The number of fused-ring (bicyclic) bond motifs is 5. The number of carbonyl (C=O) groups excluding carboxylic acids is 2. The number of esters is 2. The number of rotatable bonds is 1. The van der Waals surface area contributed by atoms with Crippen molar-refractivity contribution in [3.63, 3.8) is 0 Å². The maximum Gasteiger partial charge on any atom is 0.341 e. The van der Waals surface area contributed by atoms with E-state index in [0.29, 0.717) is 41.9 Å². The quantitative estimate of drug-likeness (QED) is 0.682. The van der Waals surface area contributed by atoms with Gasteiger partial charge in [0.05, 0.1) is 12.7 Å². The van der Waals surface area contributed by atoms with Crippen molar-refractivity contribution in [1.29, 1.82) is 0 Å². The summed E-state index contributed by atoms with van der Waals surface area (Å²) in [5.41, 5.74) is 0.0869. The van der Waals surface area contributed by atoms with Gasteiger partial charge < -0.3 is 23.4 Å². The minimum atomic E-state index is -0.857. The van der Waals surface area contributed by atoms with Crippen LogP contribution in [0.4, 0.5) is 0 Å². The van der Waals surface area contributed by atoms with Crippen LogP contribution in [0.5, 0.6) is 0 Å². The second-order valence-corrected chi connectivity index (χ2v) is 8.00. The monoisotopic (exact) mass is 388 g/mol. The molecule has 0 saturated carbocycles. The first-order valence-electron chi connectivity index (χ1n) is 9.39. The summed E-state index contributed by atoms with van der Waals surface area (Å²) in [4.78, 5) is 24.4. The summed E-state index contributed by atoms with van der Waals surface area (Å²) < 4.78 is 28.8. The topological polar surface area (TPSA) is 84.2 Å². The third-order valence-corrected chi connectivity index (χ3v) is 5.23. The Morgan fingerprint density at radius 3 is 2.82 bits per heavy atom. The average molecular weight is 388 g/mol. The third kappa shape index (κ3) is 3.29. The Morgan fingerprint density at radius 2 is 2.07 bits per heavy atom. The van der Waals surface area contributed by atoms with E-state index in [1.165, 1.54) is 7.11 Å². The number of ether oxygens (including phenoxy) is 4. The van der Waals surface area contributed by atoms with E-state index >= 15 is 0 Å². The van der Waals surface area contributed by atoms with Crippen molar-refractivity contribution in [2.45, 2.75) is 63.6 Å². The molecule has 3 atom stereocenters. The summed E-state index contributed by atoms with van der Waals surface area (Å²) >= 11 is 0. The molecule has 1 fully saturated rings. The van der Waals surface area contributed by atoms with Crippen molar-refractivity contribution in [3.8, 4) is 0 Å². The number of aryl methyl sites for hydroxylation is 1. The van der Waals surface area contributed by atoms with E-state index in [1.807, 2.05) is 32.9 Å². The summed E-state index contributed by atoms with van der Waals surface area (Å²) in [6.45, 7) is 5.55. The first-order valence-corrected chi connectivity index (χ1v) is 9.39. The number of allylic oxidation sites excluding steroid dienone is 1. The van der Waals surface area contributed by atoms with E-state index in [9.17, 15) is 9.59 Å². The Hall–Kier alpha value is -2.38. The molecule has 0 amide bonds. The molecule has 7 nitrogen and oxygen atoms in total. The van der Waals surface area contributed by atoms with Crippen LogP contribution in [0.2, 0.25) is 0 Å². The number of furan rings is 1. The molecule has 0 aliphatic carbocycles. The van der Waals surface area contributed by atoms with Gasteiger partial charge in [0.25, 0.3) is 0 Å². The average Bonchev–Trinajstić information content (AvgIpc) is 3.24. The van der Waals surface area contributed by atoms with Gasteiger partial charge in [0.2, 0.25) is 0 Å². The Morgan fingerprint density at radius 1 is 1.29 bits per heavy atom. The molecule has 0 radical (unpaired) electrons. The van der Waals surface area contributed by atoms with Gasteiger partial charge in [0.15, 0.2) is 5.79 Å². The SMILES string of the molecule is COC(=O)c1cc2oc1CC/C=C\C1=C[C@H](C[C@@]3(C)OC(C)(C)O[C@@H]23)OC1=O. The zero-order chi connectivity index (χ0) is 20.1. The van der Waals surface area contributed by atoms with E-state index in [4.69, 9.17) is 23.4 Å². The molecule has 0 spiro atoms. The fourth-order valence-electron chi connectivity index (χ4n) is 4.16. The maximum atomic E-state index is 12.2. The Bertz CT molecular complexity index is 875. The lowest BCUT2D eigenvalue weighted by Crippen LogP contribution is -2.36. The summed E-state index contributed by atoms with van der Waals surface area (Å²) in [6.07, 6.45) is 5.93. The lowest BCUT2D eigenvalue weighted by atomic mass is 9.90.